The maximum absolute atomic E-state index is 2.32. The second-order valence-corrected chi connectivity index (χ2v) is 6.53. The summed E-state index contributed by atoms with van der Waals surface area (Å²) < 4.78 is 0. The normalized spacial score (nSPS) is 21.5. The first-order valence-electron chi connectivity index (χ1n) is 9.00. The molecule has 2 heteroatoms. The van der Waals surface area contributed by atoms with Crippen molar-refractivity contribution in [3.63, 3.8) is 0 Å². The predicted octanol–water partition coefficient (Wildman–Crippen LogP) is 1.20. The first-order valence-corrected chi connectivity index (χ1v) is 9.00. The van der Waals surface area contributed by atoms with Crippen molar-refractivity contribution in [1.29, 1.82) is 0 Å². The molecule has 0 aromatic heterocycles. The summed E-state index contributed by atoms with van der Waals surface area (Å²) in [5, 5.41) is 0. The maximum atomic E-state index is 2.32. The SMILES string of the molecule is C(=Cc1ccccc1)C[NH+]1CC[NH+](CC=Cc2ccccc2)CC1. The van der Waals surface area contributed by atoms with Crippen LogP contribution in [0.4, 0.5) is 0 Å². The molecule has 1 heterocycles. The van der Waals surface area contributed by atoms with Crippen molar-refractivity contribution in [2.45, 2.75) is 0 Å². The molecule has 2 N–H and O–H groups in total. The number of rotatable bonds is 6. The van der Waals surface area contributed by atoms with Crippen molar-refractivity contribution in [2.75, 3.05) is 39.3 Å². The second kappa shape index (κ2) is 9.21. The standard InChI is InChI=1S/C22H26N2/c1-3-9-21(10-4-1)13-7-15-23-17-19-24(20-18-23)16-8-14-22-11-5-2-6-12-22/h1-14H,15-20H2/p+2. The highest BCUT2D eigenvalue weighted by atomic mass is 15.3. The van der Waals surface area contributed by atoms with E-state index in [4.69, 9.17) is 0 Å². The number of quaternary nitrogens is 2. The average molecular weight is 320 g/mol. The van der Waals surface area contributed by atoms with E-state index >= 15 is 0 Å². The molecule has 1 aliphatic heterocycles. The van der Waals surface area contributed by atoms with E-state index in [1.54, 1.807) is 9.80 Å². The molecule has 0 unspecified atom stereocenters. The van der Waals surface area contributed by atoms with E-state index in [1.165, 1.54) is 37.3 Å². The maximum Gasteiger partial charge on any atom is 0.127 e. The Morgan fingerprint density at radius 2 is 0.958 bits per heavy atom. The van der Waals surface area contributed by atoms with Crippen molar-refractivity contribution < 1.29 is 9.80 Å². The fourth-order valence-corrected chi connectivity index (χ4v) is 3.22. The van der Waals surface area contributed by atoms with Crippen LogP contribution in [0.2, 0.25) is 0 Å². The third-order valence-electron chi connectivity index (χ3n) is 4.70. The highest BCUT2D eigenvalue weighted by Crippen LogP contribution is 2.00. The van der Waals surface area contributed by atoms with E-state index < -0.39 is 0 Å². The van der Waals surface area contributed by atoms with Gasteiger partial charge in [-0.25, -0.2) is 0 Å². The Morgan fingerprint density at radius 3 is 1.33 bits per heavy atom. The summed E-state index contributed by atoms with van der Waals surface area (Å²) in [6, 6.07) is 21.2. The van der Waals surface area contributed by atoms with Gasteiger partial charge in [0.15, 0.2) is 0 Å². The van der Waals surface area contributed by atoms with Crippen LogP contribution in [-0.2, 0) is 0 Å². The van der Waals surface area contributed by atoms with Gasteiger partial charge in [0, 0.05) is 0 Å². The van der Waals surface area contributed by atoms with Gasteiger partial charge in [-0.15, -0.1) is 0 Å². The van der Waals surface area contributed by atoms with Crippen LogP contribution >= 0.6 is 0 Å². The molecule has 0 bridgehead atoms. The van der Waals surface area contributed by atoms with Gasteiger partial charge in [0.2, 0.25) is 0 Å². The largest absolute Gasteiger partial charge is 0.322 e. The zero-order valence-electron chi connectivity index (χ0n) is 14.3. The molecule has 1 aliphatic rings. The van der Waals surface area contributed by atoms with Gasteiger partial charge in [0.25, 0.3) is 0 Å². The topological polar surface area (TPSA) is 8.88 Å². The summed E-state index contributed by atoms with van der Waals surface area (Å²) in [6.07, 6.45) is 9.14. The van der Waals surface area contributed by atoms with Crippen LogP contribution in [0.3, 0.4) is 0 Å². The molecule has 0 spiro atoms. The van der Waals surface area contributed by atoms with Crippen molar-refractivity contribution in [2.24, 2.45) is 0 Å². The van der Waals surface area contributed by atoms with Gasteiger partial charge in [-0.3, -0.25) is 0 Å². The van der Waals surface area contributed by atoms with Crippen LogP contribution in [0.5, 0.6) is 0 Å². The molecule has 3 rings (SSSR count). The molecule has 0 aliphatic carbocycles. The van der Waals surface area contributed by atoms with E-state index in [0.29, 0.717) is 0 Å². The van der Waals surface area contributed by atoms with Gasteiger partial charge in [0.05, 0.1) is 13.1 Å². The minimum Gasteiger partial charge on any atom is -0.322 e. The Labute approximate surface area is 145 Å². The summed E-state index contributed by atoms with van der Waals surface area (Å²) >= 11 is 0. The lowest BCUT2D eigenvalue weighted by molar-refractivity contribution is -1.01. The molecule has 24 heavy (non-hydrogen) atoms. The van der Waals surface area contributed by atoms with Crippen LogP contribution < -0.4 is 9.80 Å². The monoisotopic (exact) mass is 320 g/mol. The number of hydrogen-bond donors (Lipinski definition) is 2. The Hall–Kier alpha value is -2.16. The Bertz CT molecular complexity index is 579. The molecule has 2 aromatic carbocycles. The molecular formula is C22H28N2+2. The van der Waals surface area contributed by atoms with Crippen molar-refractivity contribution in [1.82, 2.24) is 0 Å². The molecule has 2 aromatic rings. The van der Waals surface area contributed by atoms with Crippen LogP contribution in [0.25, 0.3) is 12.2 Å². The Morgan fingerprint density at radius 1 is 0.583 bits per heavy atom. The number of piperazine rings is 1. The molecule has 0 radical (unpaired) electrons. The molecule has 2 nitrogen and oxygen atoms in total. The van der Waals surface area contributed by atoms with Gasteiger partial charge >= 0.3 is 0 Å². The quantitative estimate of drug-likeness (QED) is 0.791. The van der Waals surface area contributed by atoms with Gasteiger partial charge in [-0.2, -0.15) is 0 Å². The third kappa shape index (κ3) is 5.48. The summed E-state index contributed by atoms with van der Waals surface area (Å²) in [4.78, 5) is 3.41. The van der Waals surface area contributed by atoms with E-state index in [-0.39, 0.29) is 0 Å². The van der Waals surface area contributed by atoms with Crippen LogP contribution in [0, 0.1) is 0 Å². The highest BCUT2D eigenvalue weighted by molar-refractivity contribution is 5.49. The lowest BCUT2D eigenvalue weighted by Gasteiger charge is -2.28. The molecule has 0 atom stereocenters. The summed E-state index contributed by atoms with van der Waals surface area (Å²) in [5.74, 6) is 0. The van der Waals surface area contributed by atoms with Crippen LogP contribution in [-0.4, -0.2) is 39.3 Å². The zero-order chi connectivity index (χ0) is 16.5. The molecule has 0 saturated carbocycles. The number of benzene rings is 2. The van der Waals surface area contributed by atoms with Gasteiger partial charge in [-0.05, 0) is 23.3 Å². The molecule has 1 fully saturated rings. The van der Waals surface area contributed by atoms with Crippen LogP contribution in [0.1, 0.15) is 11.1 Å². The van der Waals surface area contributed by atoms with Crippen molar-refractivity contribution in [3.8, 4) is 0 Å². The molecular weight excluding hydrogens is 292 g/mol. The molecule has 124 valence electrons. The lowest BCUT2D eigenvalue weighted by Crippen LogP contribution is -3.28. The first-order chi connectivity index (χ1) is 11.9. The second-order valence-electron chi connectivity index (χ2n) is 6.53. The average Bonchev–Trinajstić information content (AvgIpc) is 2.65. The highest BCUT2D eigenvalue weighted by Gasteiger charge is 2.20. The minimum absolute atomic E-state index is 1.14. The smallest absolute Gasteiger partial charge is 0.127 e. The van der Waals surface area contributed by atoms with E-state index in [9.17, 15) is 0 Å². The number of nitrogens with one attached hydrogen (secondary N) is 2. The Balaban J connectivity index is 1.36. The van der Waals surface area contributed by atoms with Gasteiger partial charge in [0.1, 0.15) is 26.2 Å². The summed E-state index contributed by atoms with van der Waals surface area (Å²) in [7, 11) is 0. The summed E-state index contributed by atoms with van der Waals surface area (Å²) in [6.45, 7) is 7.37. The van der Waals surface area contributed by atoms with Crippen molar-refractivity contribution >= 4 is 12.2 Å². The minimum atomic E-state index is 1.14. The van der Waals surface area contributed by atoms with Gasteiger partial charge in [-0.1, -0.05) is 72.8 Å². The van der Waals surface area contributed by atoms with Crippen LogP contribution in [0.15, 0.2) is 72.8 Å². The lowest BCUT2D eigenvalue weighted by atomic mass is 10.2. The molecule has 1 saturated heterocycles. The fraction of sp³-hybridized carbons (Fsp3) is 0.273. The zero-order valence-corrected chi connectivity index (χ0v) is 14.3. The molecule has 0 amide bonds. The van der Waals surface area contributed by atoms with E-state index in [0.717, 1.165) is 13.1 Å². The summed E-state index contributed by atoms with van der Waals surface area (Å²) in [5.41, 5.74) is 2.60. The first kappa shape index (κ1) is 16.7. The van der Waals surface area contributed by atoms with E-state index in [2.05, 4.69) is 85.0 Å². The van der Waals surface area contributed by atoms with Crippen molar-refractivity contribution in [3.05, 3.63) is 83.9 Å². The predicted molar refractivity (Wildman–Crippen MR) is 102 cm³/mol. The fourth-order valence-electron chi connectivity index (χ4n) is 3.22. The Kier molecular flexibility index (Phi) is 6.41. The van der Waals surface area contributed by atoms with E-state index in [1.807, 2.05) is 0 Å². The van der Waals surface area contributed by atoms with Gasteiger partial charge < -0.3 is 9.80 Å². The number of hydrogen-bond acceptors (Lipinski definition) is 0. The third-order valence-corrected chi connectivity index (χ3v) is 4.70.